The van der Waals surface area contributed by atoms with Gasteiger partial charge in [-0.05, 0) is 243 Å². The molecule has 4 amide bonds. The first-order valence-electron chi connectivity index (χ1n) is 41.9. The highest BCUT2D eigenvalue weighted by Crippen LogP contribution is 2.45. The van der Waals surface area contributed by atoms with Crippen molar-refractivity contribution < 1.29 is 121 Å². The number of fused-ring (bicyclic) bond motifs is 2. The van der Waals surface area contributed by atoms with Crippen LogP contribution >= 0.6 is 11.6 Å². The quantitative estimate of drug-likeness (QED) is 0.00558. The van der Waals surface area contributed by atoms with E-state index in [9.17, 15) is 29.2 Å². The van der Waals surface area contributed by atoms with Crippen molar-refractivity contribution in [3.8, 4) is 74.7 Å². The summed E-state index contributed by atoms with van der Waals surface area (Å²) in [6, 6.07) is 39.8. The Morgan fingerprint density at radius 2 is 0.774 bits per heavy atom. The third-order valence-electron chi connectivity index (χ3n) is 19.1. The summed E-state index contributed by atoms with van der Waals surface area (Å²) in [5, 5.41) is 47.5. The highest BCUT2D eigenvalue weighted by Gasteiger charge is 2.24. The number of allylic oxidation sites excluding steroid dienone is 6. The van der Waals surface area contributed by atoms with E-state index in [0.29, 0.717) is 141 Å². The average Bonchev–Trinajstić information content (AvgIpc) is 1.69. The van der Waals surface area contributed by atoms with Gasteiger partial charge in [-0.2, -0.15) is 0 Å². The van der Waals surface area contributed by atoms with Crippen LogP contribution in [0.5, 0.6) is 74.7 Å². The van der Waals surface area contributed by atoms with Crippen molar-refractivity contribution in [2.45, 2.75) is 120 Å². The molecule has 0 spiro atoms. The first-order chi connectivity index (χ1) is 64.0. The van der Waals surface area contributed by atoms with Gasteiger partial charge < -0.3 is 97.7 Å². The van der Waals surface area contributed by atoms with Crippen LogP contribution < -0.4 is 95.0 Å². The number of methoxy groups -OCH3 is 7. The number of carbonyl (C=O) groups excluding carboxylic acids is 4. The lowest BCUT2D eigenvalue weighted by atomic mass is 10.0. The van der Waals surface area contributed by atoms with Crippen molar-refractivity contribution in [2.75, 3.05) is 69.5 Å². The van der Waals surface area contributed by atoms with Crippen LogP contribution in [-0.4, -0.2) is 126 Å². The summed E-state index contributed by atoms with van der Waals surface area (Å²) in [6.45, 7) is 18.6. The summed E-state index contributed by atoms with van der Waals surface area (Å²) in [5.74, 6) is 3.72. The molecule has 13 N–H and O–H groups in total. The Labute approximate surface area is 778 Å². The average molecular weight is 1850 g/mol. The van der Waals surface area contributed by atoms with Gasteiger partial charge in [-0.15, -0.1) is 0 Å². The number of unbranched alkanes of at least 4 members (excludes halogenated alkanes) is 1. The van der Waals surface area contributed by atoms with Crippen LogP contribution in [0.1, 0.15) is 130 Å². The Balaban J connectivity index is 0.000000263. The number of nitrogens with two attached hydrogens (primary N) is 1. The van der Waals surface area contributed by atoms with Crippen LogP contribution in [0.2, 0.25) is 5.02 Å². The van der Waals surface area contributed by atoms with E-state index in [4.69, 9.17) is 108 Å². The number of carbonyl (C=O) groups is 5. The maximum absolute atomic E-state index is 11.5. The van der Waals surface area contributed by atoms with Gasteiger partial charge >= 0.3 is 5.97 Å². The number of ether oxygens (including phenoxy) is 13. The first kappa shape index (κ1) is 107. The summed E-state index contributed by atoms with van der Waals surface area (Å²) in [4.78, 5) is 56.1. The van der Waals surface area contributed by atoms with Crippen LogP contribution in [0.15, 0.2) is 226 Å². The number of carboxylic acid groups (broad SMARTS) is 1. The lowest BCUT2D eigenvalue weighted by Crippen LogP contribution is -2.50. The van der Waals surface area contributed by atoms with Gasteiger partial charge in [0.25, 0.3) is 17.7 Å². The van der Waals surface area contributed by atoms with E-state index in [2.05, 4.69) is 17.9 Å². The monoisotopic (exact) mass is 1850 g/mol. The van der Waals surface area contributed by atoms with Gasteiger partial charge in [0, 0.05) is 73.5 Å². The number of hydrogen-bond donors (Lipinski definition) is 10. The summed E-state index contributed by atoms with van der Waals surface area (Å²) < 4.78 is 85.7. The van der Waals surface area contributed by atoms with Gasteiger partial charge in [0.05, 0.1) is 68.8 Å². The number of quaternary nitrogens is 1. The molecule has 10 rings (SSSR count). The number of carboxylic acids is 1. The fraction of sp³-hybridized carbons (Fsp3) is 0.277. The molecule has 31 nitrogen and oxygen atoms in total. The van der Waals surface area contributed by atoms with Gasteiger partial charge in [-0.25, -0.2) is 16.4 Å². The van der Waals surface area contributed by atoms with Gasteiger partial charge in [0.2, 0.25) is 23.2 Å². The second-order valence-corrected chi connectivity index (χ2v) is 30.4. The molecule has 0 aliphatic heterocycles. The van der Waals surface area contributed by atoms with E-state index < -0.39 is 35.6 Å². The van der Waals surface area contributed by atoms with E-state index in [1.54, 1.807) is 139 Å². The van der Waals surface area contributed by atoms with Crippen molar-refractivity contribution in [3.05, 3.63) is 283 Å². The SMILES string of the molecule is CC(C)=CCOc1c(OCc2ccc(Cl)cc2)c(/C=C\C(=O)NO)cc2ccoc12.COc1ccc(/C=C/C(=O)NO)c(OCc2cc(OC)c(OC)c(OC)c2)c1CC=C(C)C.COc1ccc(COc2c(/C=C/C(=O)NO)cc3ccoc3c2OCC=C(C)C)cc1.COc1ccc(COc2c(/C=C/C(=O)N[O-])ccc(OC)c2CC=C(C)C)cc1.NC(CCCC[NH3+])C(=O)O. The van der Waals surface area contributed by atoms with Crippen molar-refractivity contribution >= 4 is 87.4 Å². The Hall–Kier alpha value is -14.4. The van der Waals surface area contributed by atoms with Gasteiger partial charge in [-0.3, -0.25) is 39.6 Å². The fourth-order valence-corrected chi connectivity index (χ4v) is 12.3. The molecule has 1 atom stereocenters. The van der Waals surface area contributed by atoms with Crippen LogP contribution in [0.4, 0.5) is 0 Å². The molecule has 0 radical (unpaired) electrons. The number of aliphatic carboxylic acids is 1. The first-order valence-corrected chi connectivity index (χ1v) is 42.2. The molecule has 0 fully saturated rings. The zero-order valence-electron chi connectivity index (χ0n) is 77.4. The van der Waals surface area contributed by atoms with E-state index in [0.717, 1.165) is 91.8 Å². The highest BCUT2D eigenvalue weighted by atomic mass is 35.5. The second-order valence-electron chi connectivity index (χ2n) is 29.9. The molecule has 32 heteroatoms. The van der Waals surface area contributed by atoms with Gasteiger partial charge in [-0.1, -0.05) is 82.4 Å². The van der Waals surface area contributed by atoms with Crippen molar-refractivity contribution in [1.29, 1.82) is 0 Å². The minimum absolute atomic E-state index is 0.193. The fourth-order valence-electron chi connectivity index (χ4n) is 12.1. The van der Waals surface area contributed by atoms with Gasteiger partial charge in [0.15, 0.2) is 34.2 Å². The largest absolute Gasteiger partial charge is 0.759 e. The minimum Gasteiger partial charge on any atom is -0.759 e. The molecule has 1 unspecified atom stereocenters. The Morgan fingerprint density at radius 3 is 1.11 bits per heavy atom. The molecule has 2 heterocycles. The molecule has 133 heavy (non-hydrogen) atoms. The third-order valence-corrected chi connectivity index (χ3v) is 19.3. The Morgan fingerprint density at radius 1 is 0.414 bits per heavy atom. The number of hydroxylamine groups is 4. The minimum atomic E-state index is -0.913. The molecule has 0 bridgehead atoms. The van der Waals surface area contributed by atoms with E-state index in [1.807, 2.05) is 165 Å². The smallest absolute Gasteiger partial charge is 0.320 e. The number of benzene rings is 8. The third kappa shape index (κ3) is 35.4. The maximum Gasteiger partial charge on any atom is 0.320 e. The highest BCUT2D eigenvalue weighted by molar-refractivity contribution is 6.30. The zero-order valence-corrected chi connectivity index (χ0v) is 78.1. The molecule has 8 aromatic carbocycles. The summed E-state index contributed by atoms with van der Waals surface area (Å²) in [7, 11) is 11.1. The van der Waals surface area contributed by atoms with Crippen LogP contribution in [0, 0.1) is 5.21 Å². The summed E-state index contributed by atoms with van der Waals surface area (Å²) in [6.07, 6.45) is 25.8. The topological polar surface area (TPSA) is 437 Å². The molecule has 0 aliphatic rings. The van der Waals surface area contributed by atoms with E-state index in [-0.39, 0.29) is 19.8 Å². The number of amides is 4. The Kier molecular flexibility index (Phi) is 46.5. The molecule has 710 valence electrons. The predicted molar refractivity (Wildman–Crippen MR) is 510 cm³/mol. The number of furan rings is 2. The lowest BCUT2D eigenvalue weighted by Gasteiger charge is -2.18. The molecule has 0 saturated carbocycles. The molecule has 0 saturated heterocycles. The van der Waals surface area contributed by atoms with Gasteiger partial charge in [0.1, 0.15) is 80.2 Å². The molecular weight excluding hydrogens is 1730 g/mol. The number of nitrogens with one attached hydrogen (secondary N) is 4. The predicted octanol–water partition coefficient (Wildman–Crippen LogP) is 18.0. The van der Waals surface area contributed by atoms with Crippen molar-refractivity contribution in [3.63, 3.8) is 0 Å². The summed E-state index contributed by atoms with van der Waals surface area (Å²) in [5.41, 5.74) is 28.5. The number of halogens is 1. The molecule has 2 aromatic heterocycles. The molecule has 0 aliphatic carbocycles. The van der Waals surface area contributed by atoms with E-state index >= 15 is 0 Å². The summed E-state index contributed by atoms with van der Waals surface area (Å²) >= 11 is 5.95. The maximum atomic E-state index is 11.5. The molecular formula is C101H119ClN6O25. The van der Waals surface area contributed by atoms with Crippen molar-refractivity contribution in [1.82, 2.24) is 21.9 Å². The standard InChI is InChI=1S/C25H31NO7.C24H25NO6.C23H22ClNO5.C23H26NO5.C6H14N2O2/c1-16(2)7-10-19-20(29-3)11-8-18(9-12-23(27)26-28)24(19)33-15-17-13-21(30-4)25(32-6)22(14-17)31-5;1-16(2)10-12-30-24-22-19(11-13-29-22)14-18(6-9-21(26)25-27)23(24)31-15-17-4-7-20(28-3)8-5-17;1-15(2)9-11-29-23-21-18(10-12-28-21)13-17(5-8-20(26)25-27)22(23)30-14-16-3-6-19(24)7-4-16;1-16(2)5-12-20-21(28-4)13-8-18(9-14-22(25)24-26)23(20)29-15-17-6-10-19(27-3)11-7-17;7-4-2-1-3-5(8)6(9)10/h7-9,11-14,28H,10,15H2,1-6H3,(H,26,27);4-11,13-14,27H,12,15H2,1-3H3,(H,25,26);3-10,12-13,27H,11,14H2,1-2H3,(H,25,26);5-11,13-14H,12,15H2,1-4H3,(H-,24,25,26);5H,1-4,7-8H2,(H,9,10)/q;;;-1;/p+1/b12-9+;9-6+;8-5-;14-9+;. The van der Waals surface area contributed by atoms with Crippen molar-refractivity contribution in [2.24, 2.45) is 5.73 Å². The van der Waals surface area contributed by atoms with Crippen LogP contribution in [0.3, 0.4) is 0 Å². The van der Waals surface area contributed by atoms with E-state index in [1.165, 1.54) is 35.4 Å². The number of hydrogen-bond acceptors (Lipinski definition) is 25. The normalized spacial score (nSPS) is 10.9. The van der Waals surface area contributed by atoms with Crippen LogP contribution in [0.25, 0.3) is 46.2 Å². The van der Waals surface area contributed by atoms with Crippen LogP contribution in [-0.2, 0) is 63.2 Å². The zero-order chi connectivity index (χ0) is 97.3. The Bertz CT molecular complexity index is 5650. The second kappa shape index (κ2) is 57.6. The lowest BCUT2D eigenvalue weighted by molar-refractivity contribution is -0.368. The number of rotatable bonds is 42. The molecule has 10 aromatic rings.